The van der Waals surface area contributed by atoms with E-state index in [9.17, 15) is 0 Å². The molecule has 0 fully saturated rings. The predicted octanol–water partition coefficient (Wildman–Crippen LogP) is 2.58. The molecule has 0 heterocycles. The molecule has 3 N–H and O–H groups in total. The van der Waals surface area contributed by atoms with Crippen molar-refractivity contribution >= 4 is 11.4 Å². The Balaban J connectivity index is 2.24. The standard InChI is InChI=1S/C13H20N2O/c1-3-4-8-16-9-7-15-13-6-5-12(14)10-11(13)2/h3,5-6,10,15H,1,4,7-9,14H2,2H3. The maximum absolute atomic E-state index is 5.68. The Morgan fingerprint density at radius 3 is 2.94 bits per heavy atom. The molecule has 16 heavy (non-hydrogen) atoms. The number of hydrogen-bond donors (Lipinski definition) is 2. The highest BCUT2D eigenvalue weighted by Gasteiger charge is 1.97. The van der Waals surface area contributed by atoms with Gasteiger partial charge in [-0.1, -0.05) is 6.08 Å². The third kappa shape index (κ3) is 4.36. The summed E-state index contributed by atoms with van der Waals surface area (Å²) in [5.74, 6) is 0. The van der Waals surface area contributed by atoms with Crippen LogP contribution in [-0.4, -0.2) is 19.8 Å². The maximum Gasteiger partial charge on any atom is 0.0639 e. The molecule has 0 radical (unpaired) electrons. The van der Waals surface area contributed by atoms with E-state index < -0.39 is 0 Å². The zero-order valence-electron chi connectivity index (χ0n) is 9.83. The van der Waals surface area contributed by atoms with Gasteiger partial charge in [-0.2, -0.15) is 0 Å². The van der Waals surface area contributed by atoms with E-state index >= 15 is 0 Å². The van der Waals surface area contributed by atoms with E-state index in [1.807, 2.05) is 31.2 Å². The van der Waals surface area contributed by atoms with E-state index in [0.717, 1.165) is 36.5 Å². The lowest BCUT2D eigenvalue weighted by Crippen LogP contribution is -2.10. The van der Waals surface area contributed by atoms with Crippen molar-refractivity contribution in [3.8, 4) is 0 Å². The number of nitrogens with one attached hydrogen (secondary N) is 1. The minimum atomic E-state index is 0.706. The molecule has 3 heteroatoms. The molecular weight excluding hydrogens is 200 g/mol. The van der Waals surface area contributed by atoms with Gasteiger partial charge in [0.25, 0.3) is 0 Å². The number of rotatable bonds is 7. The van der Waals surface area contributed by atoms with Crippen LogP contribution >= 0.6 is 0 Å². The van der Waals surface area contributed by atoms with Gasteiger partial charge >= 0.3 is 0 Å². The summed E-state index contributed by atoms with van der Waals surface area (Å²) >= 11 is 0. The van der Waals surface area contributed by atoms with Gasteiger partial charge in [-0.15, -0.1) is 6.58 Å². The second kappa shape index (κ2) is 6.90. The van der Waals surface area contributed by atoms with Gasteiger partial charge in [0.1, 0.15) is 0 Å². The summed E-state index contributed by atoms with van der Waals surface area (Å²) in [7, 11) is 0. The molecule has 0 aliphatic rings. The molecular formula is C13H20N2O. The number of nitrogens with two attached hydrogens (primary N) is 1. The number of benzene rings is 1. The average Bonchev–Trinajstić information content (AvgIpc) is 2.26. The highest BCUT2D eigenvalue weighted by Crippen LogP contribution is 2.16. The van der Waals surface area contributed by atoms with Gasteiger partial charge in [0, 0.05) is 17.9 Å². The van der Waals surface area contributed by atoms with Crippen LogP contribution in [0.25, 0.3) is 0 Å². The Labute approximate surface area is 97.3 Å². The van der Waals surface area contributed by atoms with Crippen LogP contribution < -0.4 is 11.1 Å². The SMILES string of the molecule is C=CCCOCCNc1ccc(N)cc1C. The summed E-state index contributed by atoms with van der Waals surface area (Å²) in [5.41, 5.74) is 8.74. The predicted molar refractivity (Wildman–Crippen MR) is 69.7 cm³/mol. The van der Waals surface area contributed by atoms with Crippen molar-refractivity contribution in [2.45, 2.75) is 13.3 Å². The molecule has 0 aliphatic heterocycles. The Morgan fingerprint density at radius 2 is 2.25 bits per heavy atom. The van der Waals surface area contributed by atoms with Crippen LogP contribution in [0, 0.1) is 6.92 Å². The minimum Gasteiger partial charge on any atom is -0.399 e. The van der Waals surface area contributed by atoms with Crippen LogP contribution in [0.5, 0.6) is 0 Å². The number of nitrogen functional groups attached to an aromatic ring is 1. The molecule has 0 saturated heterocycles. The van der Waals surface area contributed by atoms with Crippen molar-refractivity contribution in [1.82, 2.24) is 0 Å². The zero-order valence-corrected chi connectivity index (χ0v) is 9.83. The first-order valence-electron chi connectivity index (χ1n) is 5.52. The maximum atomic E-state index is 5.68. The lowest BCUT2D eigenvalue weighted by Gasteiger charge is -2.10. The topological polar surface area (TPSA) is 47.3 Å². The smallest absolute Gasteiger partial charge is 0.0639 e. The van der Waals surface area contributed by atoms with Gasteiger partial charge in [-0.05, 0) is 37.1 Å². The van der Waals surface area contributed by atoms with Crippen LogP contribution in [0.2, 0.25) is 0 Å². The summed E-state index contributed by atoms with van der Waals surface area (Å²) in [6, 6.07) is 5.85. The van der Waals surface area contributed by atoms with Crippen molar-refractivity contribution in [3.05, 3.63) is 36.4 Å². The largest absolute Gasteiger partial charge is 0.399 e. The molecule has 0 unspecified atom stereocenters. The Bertz CT molecular complexity index is 337. The highest BCUT2D eigenvalue weighted by molar-refractivity contribution is 5.57. The second-order valence-electron chi connectivity index (χ2n) is 3.69. The zero-order chi connectivity index (χ0) is 11.8. The first-order chi connectivity index (χ1) is 7.74. The molecule has 1 aromatic rings. The molecule has 0 aliphatic carbocycles. The third-order valence-electron chi connectivity index (χ3n) is 2.28. The van der Waals surface area contributed by atoms with Crippen LogP contribution in [0.3, 0.4) is 0 Å². The van der Waals surface area contributed by atoms with Crippen LogP contribution in [0.15, 0.2) is 30.9 Å². The lowest BCUT2D eigenvalue weighted by molar-refractivity contribution is 0.149. The average molecular weight is 220 g/mol. The van der Waals surface area contributed by atoms with Crippen LogP contribution in [0.1, 0.15) is 12.0 Å². The summed E-state index contributed by atoms with van der Waals surface area (Å²) in [5, 5.41) is 3.31. The van der Waals surface area contributed by atoms with E-state index in [2.05, 4.69) is 11.9 Å². The van der Waals surface area contributed by atoms with E-state index in [1.165, 1.54) is 0 Å². The summed E-state index contributed by atoms with van der Waals surface area (Å²) in [6.07, 6.45) is 2.76. The molecule has 1 aromatic carbocycles. The minimum absolute atomic E-state index is 0.706. The molecule has 3 nitrogen and oxygen atoms in total. The van der Waals surface area contributed by atoms with Crippen LogP contribution in [-0.2, 0) is 4.74 Å². The van der Waals surface area contributed by atoms with Crippen molar-refractivity contribution < 1.29 is 4.74 Å². The fourth-order valence-corrected chi connectivity index (χ4v) is 1.41. The Morgan fingerprint density at radius 1 is 1.44 bits per heavy atom. The van der Waals surface area contributed by atoms with Gasteiger partial charge in [0.05, 0.1) is 13.2 Å². The van der Waals surface area contributed by atoms with E-state index in [-0.39, 0.29) is 0 Å². The summed E-state index contributed by atoms with van der Waals surface area (Å²) in [4.78, 5) is 0. The van der Waals surface area contributed by atoms with Gasteiger partial charge in [0.2, 0.25) is 0 Å². The van der Waals surface area contributed by atoms with Gasteiger partial charge in [-0.3, -0.25) is 0 Å². The third-order valence-corrected chi connectivity index (χ3v) is 2.28. The number of hydrogen-bond acceptors (Lipinski definition) is 3. The molecule has 0 spiro atoms. The fourth-order valence-electron chi connectivity index (χ4n) is 1.41. The summed E-state index contributed by atoms with van der Waals surface area (Å²) in [6.45, 7) is 7.93. The molecule has 0 amide bonds. The van der Waals surface area contributed by atoms with Crippen molar-refractivity contribution in [1.29, 1.82) is 0 Å². The van der Waals surface area contributed by atoms with E-state index in [4.69, 9.17) is 10.5 Å². The molecule has 0 aromatic heterocycles. The monoisotopic (exact) mass is 220 g/mol. The normalized spacial score (nSPS) is 10.1. The molecule has 0 atom stereocenters. The summed E-state index contributed by atoms with van der Waals surface area (Å²) < 4.78 is 5.40. The number of ether oxygens (including phenoxy) is 1. The highest BCUT2D eigenvalue weighted by atomic mass is 16.5. The molecule has 0 saturated carbocycles. The van der Waals surface area contributed by atoms with Crippen molar-refractivity contribution in [2.75, 3.05) is 30.8 Å². The Hall–Kier alpha value is -1.48. The second-order valence-corrected chi connectivity index (χ2v) is 3.69. The quantitative estimate of drug-likeness (QED) is 0.422. The number of aryl methyl sites for hydroxylation is 1. The van der Waals surface area contributed by atoms with Crippen molar-refractivity contribution in [2.24, 2.45) is 0 Å². The molecule has 0 bridgehead atoms. The van der Waals surface area contributed by atoms with Crippen molar-refractivity contribution in [3.63, 3.8) is 0 Å². The van der Waals surface area contributed by atoms with Gasteiger partial charge < -0.3 is 15.8 Å². The molecule has 1 rings (SSSR count). The molecule has 88 valence electrons. The van der Waals surface area contributed by atoms with Crippen LogP contribution in [0.4, 0.5) is 11.4 Å². The number of anilines is 2. The first kappa shape index (κ1) is 12.6. The fraction of sp³-hybridized carbons (Fsp3) is 0.385. The van der Waals surface area contributed by atoms with Gasteiger partial charge in [0.15, 0.2) is 0 Å². The lowest BCUT2D eigenvalue weighted by atomic mass is 10.2. The Kier molecular flexibility index (Phi) is 5.43. The van der Waals surface area contributed by atoms with Gasteiger partial charge in [-0.25, -0.2) is 0 Å². The van der Waals surface area contributed by atoms with E-state index in [0.29, 0.717) is 6.61 Å². The first-order valence-corrected chi connectivity index (χ1v) is 5.52. The van der Waals surface area contributed by atoms with E-state index in [1.54, 1.807) is 0 Å².